The van der Waals surface area contributed by atoms with E-state index in [1.165, 1.54) is 0 Å². The molecule has 0 atom stereocenters. The zero-order valence-corrected chi connectivity index (χ0v) is 11.8. The van der Waals surface area contributed by atoms with Crippen LogP contribution in [0.4, 0.5) is 0 Å². The Kier molecular flexibility index (Phi) is 6.65. The van der Waals surface area contributed by atoms with Crippen LogP contribution in [0, 0.1) is 0 Å². The summed E-state index contributed by atoms with van der Waals surface area (Å²) in [5.41, 5.74) is 6.67. The predicted molar refractivity (Wildman–Crippen MR) is 72.3 cm³/mol. The fourth-order valence-corrected chi connectivity index (χ4v) is 2.40. The molecule has 1 aromatic heterocycles. The Balaban J connectivity index is 2.52. The van der Waals surface area contributed by atoms with Crippen LogP contribution in [-0.2, 0) is 17.7 Å². The Morgan fingerprint density at radius 2 is 2.29 bits per heavy atom. The molecule has 4 nitrogen and oxygen atoms in total. The van der Waals surface area contributed by atoms with Crippen molar-refractivity contribution in [3.8, 4) is 0 Å². The van der Waals surface area contributed by atoms with Crippen molar-refractivity contribution in [3.05, 3.63) is 16.1 Å². The number of rotatable bonds is 8. The average Bonchev–Trinajstić information content (AvgIpc) is 2.72. The van der Waals surface area contributed by atoms with Gasteiger partial charge in [0.1, 0.15) is 0 Å². The smallest absolute Gasteiger partial charge is 0.0941 e. The van der Waals surface area contributed by atoms with Crippen molar-refractivity contribution >= 4 is 11.3 Å². The van der Waals surface area contributed by atoms with Crippen molar-refractivity contribution < 1.29 is 4.74 Å². The van der Waals surface area contributed by atoms with Crippen LogP contribution in [0.5, 0.6) is 0 Å². The molecule has 0 saturated heterocycles. The van der Waals surface area contributed by atoms with Crippen molar-refractivity contribution in [1.82, 2.24) is 9.88 Å². The van der Waals surface area contributed by atoms with E-state index in [2.05, 4.69) is 29.1 Å². The van der Waals surface area contributed by atoms with Crippen LogP contribution < -0.4 is 5.73 Å². The number of methoxy groups -OCH3 is 1. The lowest BCUT2D eigenvalue weighted by atomic mass is 10.3. The third kappa shape index (κ3) is 5.12. The molecule has 0 spiro atoms. The van der Waals surface area contributed by atoms with Crippen LogP contribution in [0.25, 0.3) is 0 Å². The second-order valence-electron chi connectivity index (χ2n) is 4.33. The van der Waals surface area contributed by atoms with Gasteiger partial charge in [-0.2, -0.15) is 0 Å². The molecule has 0 aliphatic heterocycles. The van der Waals surface area contributed by atoms with E-state index < -0.39 is 0 Å². The first-order valence-corrected chi connectivity index (χ1v) is 6.91. The highest BCUT2D eigenvalue weighted by Crippen LogP contribution is 2.13. The lowest BCUT2D eigenvalue weighted by Gasteiger charge is -2.25. The van der Waals surface area contributed by atoms with Crippen molar-refractivity contribution in [2.75, 3.05) is 26.8 Å². The maximum absolute atomic E-state index is 5.52. The summed E-state index contributed by atoms with van der Waals surface area (Å²) in [6, 6.07) is 0.504. The fraction of sp³-hybridized carbons (Fsp3) is 0.750. The maximum Gasteiger partial charge on any atom is 0.0941 e. The first kappa shape index (κ1) is 14.6. The maximum atomic E-state index is 5.52. The fourth-order valence-electron chi connectivity index (χ4n) is 1.60. The molecule has 0 saturated carbocycles. The van der Waals surface area contributed by atoms with Gasteiger partial charge in [-0.05, 0) is 20.4 Å². The van der Waals surface area contributed by atoms with Gasteiger partial charge in [-0.15, -0.1) is 11.3 Å². The number of aromatic nitrogens is 1. The van der Waals surface area contributed by atoms with Gasteiger partial charge in [-0.1, -0.05) is 0 Å². The molecule has 0 unspecified atom stereocenters. The summed E-state index contributed by atoms with van der Waals surface area (Å²) in [4.78, 5) is 6.95. The summed E-state index contributed by atoms with van der Waals surface area (Å²) >= 11 is 1.70. The summed E-state index contributed by atoms with van der Waals surface area (Å²) in [6.45, 7) is 7.66. The van der Waals surface area contributed by atoms with Gasteiger partial charge in [0, 0.05) is 38.0 Å². The molecular weight excluding hydrogens is 234 g/mol. The van der Waals surface area contributed by atoms with Crippen molar-refractivity contribution in [2.24, 2.45) is 5.73 Å². The minimum absolute atomic E-state index is 0.504. The molecule has 0 amide bonds. The minimum Gasteiger partial charge on any atom is -0.383 e. The number of hydrogen-bond acceptors (Lipinski definition) is 5. The van der Waals surface area contributed by atoms with Gasteiger partial charge >= 0.3 is 0 Å². The Morgan fingerprint density at radius 3 is 2.88 bits per heavy atom. The zero-order valence-electron chi connectivity index (χ0n) is 11.0. The molecule has 0 fully saturated rings. The van der Waals surface area contributed by atoms with Gasteiger partial charge < -0.3 is 10.5 Å². The molecule has 0 aliphatic rings. The van der Waals surface area contributed by atoms with E-state index in [4.69, 9.17) is 10.5 Å². The van der Waals surface area contributed by atoms with Crippen molar-refractivity contribution in [1.29, 1.82) is 0 Å². The lowest BCUT2D eigenvalue weighted by molar-refractivity contribution is 0.124. The lowest BCUT2D eigenvalue weighted by Crippen LogP contribution is -2.33. The highest BCUT2D eigenvalue weighted by molar-refractivity contribution is 7.09. The molecule has 0 radical (unpaired) electrons. The van der Waals surface area contributed by atoms with Crippen LogP contribution in [0.15, 0.2) is 5.38 Å². The van der Waals surface area contributed by atoms with E-state index >= 15 is 0 Å². The first-order chi connectivity index (χ1) is 8.17. The summed E-state index contributed by atoms with van der Waals surface area (Å²) < 4.78 is 5.13. The van der Waals surface area contributed by atoms with E-state index in [0.717, 1.165) is 36.8 Å². The Morgan fingerprint density at radius 1 is 1.53 bits per heavy atom. The average molecular weight is 257 g/mol. The molecule has 2 N–H and O–H groups in total. The molecule has 98 valence electrons. The molecule has 5 heteroatoms. The number of ether oxygens (including phenoxy) is 1. The SMILES string of the molecule is COCCN(Cc1csc(CCN)n1)C(C)C. The standard InChI is InChI=1S/C12H23N3OS/c1-10(2)15(6-7-16-3)8-11-9-17-12(14-11)4-5-13/h9-10H,4-8,13H2,1-3H3. The predicted octanol–water partition coefficient (Wildman–Crippen LogP) is 1.50. The second-order valence-corrected chi connectivity index (χ2v) is 5.27. The number of hydrogen-bond donors (Lipinski definition) is 1. The van der Waals surface area contributed by atoms with E-state index in [-0.39, 0.29) is 0 Å². The minimum atomic E-state index is 0.504. The molecular formula is C12H23N3OS. The highest BCUT2D eigenvalue weighted by atomic mass is 32.1. The van der Waals surface area contributed by atoms with Gasteiger partial charge in [0.25, 0.3) is 0 Å². The largest absolute Gasteiger partial charge is 0.383 e. The normalized spacial score (nSPS) is 11.6. The van der Waals surface area contributed by atoms with Crippen molar-refractivity contribution in [3.63, 3.8) is 0 Å². The van der Waals surface area contributed by atoms with Crippen LogP contribution >= 0.6 is 11.3 Å². The van der Waals surface area contributed by atoms with Gasteiger partial charge in [-0.3, -0.25) is 4.90 Å². The molecule has 0 aliphatic carbocycles. The third-order valence-electron chi connectivity index (χ3n) is 2.64. The van der Waals surface area contributed by atoms with Gasteiger partial charge in [0.15, 0.2) is 0 Å². The Bertz CT molecular complexity index is 314. The quantitative estimate of drug-likeness (QED) is 0.767. The number of nitrogens with zero attached hydrogens (tertiary/aromatic N) is 2. The molecule has 1 rings (SSSR count). The summed E-state index contributed by atoms with van der Waals surface area (Å²) in [6.07, 6.45) is 0.879. The highest BCUT2D eigenvalue weighted by Gasteiger charge is 2.11. The third-order valence-corrected chi connectivity index (χ3v) is 3.59. The van der Waals surface area contributed by atoms with Crippen LogP contribution in [-0.4, -0.2) is 42.7 Å². The van der Waals surface area contributed by atoms with E-state index in [0.29, 0.717) is 12.6 Å². The zero-order chi connectivity index (χ0) is 12.7. The van der Waals surface area contributed by atoms with Gasteiger partial charge in [0.05, 0.1) is 17.3 Å². The second kappa shape index (κ2) is 7.76. The van der Waals surface area contributed by atoms with Crippen molar-refractivity contribution in [2.45, 2.75) is 32.9 Å². The van der Waals surface area contributed by atoms with Crippen LogP contribution in [0.2, 0.25) is 0 Å². The van der Waals surface area contributed by atoms with Crippen LogP contribution in [0.3, 0.4) is 0 Å². The Hall–Kier alpha value is -0.490. The molecule has 0 bridgehead atoms. The first-order valence-electron chi connectivity index (χ1n) is 6.03. The molecule has 0 aromatic carbocycles. The van der Waals surface area contributed by atoms with Crippen LogP contribution in [0.1, 0.15) is 24.5 Å². The van der Waals surface area contributed by atoms with E-state index in [1.54, 1.807) is 18.4 Å². The molecule has 1 aromatic rings. The molecule has 1 heterocycles. The topological polar surface area (TPSA) is 51.4 Å². The number of nitrogens with two attached hydrogens (primary N) is 1. The summed E-state index contributed by atoms with van der Waals surface area (Å²) in [7, 11) is 1.74. The summed E-state index contributed by atoms with van der Waals surface area (Å²) in [5.74, 6) is 0. The summed E-state index contributed by atoms with van der Waals surface area (Å²) in [5, 5.41) is 3.27. The number of thiazole rings is 1. The Labute approximate surface area is 108 Å². The van der Waals surface area contributed by atoms with E-state index in [9.17, 15) is 0 Å². The van der Waals surface area contributed by atoms with Gasteiger partial charge in [-0.25, -0.2) is 4.98 Å². The van der Waals surface area contributed by atoms with Gasteiger partial charge in [0.2, 0.25) is 0 Å². The van der Waals surface area contributed by atoms with E-state index in [1.807, 2.05) is 0 Å². The monoisotopic (exact) mass is 257 g/mol. The molecule has 17 heavy (non-hydrogen) atoms.